The van der Waals surface area contributed by atoms with E-state index < -0.39 is 0 Å². The molecule has 1 spiro atoms. The summed E-state index contributed by atoms with van der Waals surface area (Å²) < 4.78 is 11.5. The molecule has 0 aromatic carbocycles. The number of hydrogen-bond acceptors (Lipinski definition) is 3. The lowest BCUT2D eigenvalue weighted by Crippen LogP contribution is -2.31. The van der Waals surface area contributed by atoms with E-state index in [0.717, 1.165) is 32.5 Å². The molecule has 0 aromatic rings. The Morgan fingerprint density at radius 1 is 1.21 bits per heavy atom. The van der Waals surface area contributed by atoms with E-state index in [1.807, 2.05) is 0 Å². The van der Waals surface area contributed by atoms with Crippen LogP contribution in [-0.2, 0) is 9.47 Å². The van der Waals surface area contributed by atoms with Gasteiger partial charge in [-0.25, -0.2) is 0 Å². The van der Waals surface area contributed by atoms with Crippen molar-refractivity contribution in [3.05, 3.63) is 0 Å². The van der Waals surface area contributed by atoms with E-state index in [-0.39, 0.29) is 5.79 Å². The van der Waals surface area contributed by atoms with E-state index in [1.54, 1.807) is 0 Å². The van der Waals surface area contributed by atoms with Crippen LogP contribution in [0.25, 0.3) is 0 Å². The molecule has 82 valence electrons. The van der Waals surface area contributed by atoms with Crippen LogP contribution in [-0.4, -0.2) is 30.7 Å². The molecular formula is C11H20O3. The first-order chi connectivity index (χ1) is 6.85. The van der Waals surface area contributed by atoms with Crippen LogP contribution >= 0.6 is 0 Å². The first-order valence-corrected chi connectivity index (χ1v) is 5.73. The molecule has 1 atom stereocenters. The lowest BCUT2D eigenvalue weighted by Gasteiger charge is -2.28. The predicted molar refractivity (Wildman–Crippen MR) is 52.9 cm³/mol. The van der Waals surface area contributed by atoms with Crippen molar-refractivity contribution in [1.82, 2.24) is 0 Å². The molecule has 2 fully saturated rings. The largest absolute Gasteiger partial charge is 0.396 e. The highest BCUT2D eigenvalue weighted by atomic mass is 16.7. The third-order valence-electron chi connectivity index (χ3n) is 3.37. The number of ether oxygens (including phenoxy) is 2. The third-order valence-corrected chi connectivity index (χ3v) is 3.37. The summed E-state index contributed by atoms with van der Waals surface area (Å²) in [5.41, 5.74) is 0. The predicted octanol–water partition coefficient (Wildman–Crippen LogP) is 1.69. The molecule has 2 aliphatic rings. The van der Waals surface area contributed by atoms with Crippen molar-refractivity contribution >= 4 is 0 Å². The number of hydrogen-bond donors (Lipinski definition) is 1. The van der Waals surface area contributed by atoms with Gasteiger partial charge in [0.05, 0.1) is 13.2 Å². The summed E-state index contributed by atoms with van der Waals surface area (Å²) in [6.07, 6.45) is 6.58. The topological polar surface area (TPSA) is 38.7 Å². The zero-order chi connectivity index (χ0) is 9.86. The van der Waals surface area contributed by atoms with Crippen LogP contribution < -0.4 is 0 Å². The summed E-state index contributed by atoms with van der Waals surface area (Å²) in [4.78, 5) is 0. The van der Waals surface area contributed by atoms with Gasteiger partial charge in [-0.2, -0.15) is 0 Å². The van der Waals surface area contributed by atoms with E-state index in [0.29, 0.717) is 12.5 Å². The average molecular weight is 200 g/mol. The monoisotopic (exact) mass is 200 g/mol. The second kappa shape index (κ2) is 4.60. The van der Waals surface area contributed by atoms with Gasteiger partial charge >= 0.3 is 0 Å². The summed E-state index contributed by atoms with van der Waals surface area (Å²) in [6, 6.07) is 0. The molecule has 0 aromatic heterocycles. The van der Waals surface area contributed by atoms with Crippen LogP contribution in [0.15, 0.2) is 0 Å². The summed E-state index contributed by atoms with van der Waals surface area (Å²) in [6.45, 7) is 1.78. The number of rotatable bonds is 2. The standard InChI is InChI=1S/C11H20O3/c12-6-4-10-3-1-2-5-11(9-10)13-7-8-14-11/h10,12H,1-9H2. The number of aliphatic hydroxyl groups is 1. The van der Waals surface area contributed by atoms with Crippen molar-refractivity contribution in [2.45, 2.75) is 44.3 Å². The van der Waals surface area contributed by atoms with E-state index in [1.165, 1.54) is 19.3 Å². The van der Waals surface area contributed by atoms with Gasteiger partial charge in [0.2, 0.25) is 0 Å². The first kappa shape index (κ1) is 10.4. The molecule has 1 heterocycles. The van der Waals surface area contributed by atoms with Gasteiger partial charge in [-0.15, -0.1) is 0 Å². The number of aliphatic hydroxyl groups excluding tert-OH is 1. The van der Waals surface area contributed by atoms with Crippen LogP contribution in [0.4, 0.5) is 0 Å². The fraction of sp³-hybridized carbons (Fsp3) is 1.00. The van der Waals surface area contributed by atoms with Crippen LogP contribution in [0.5, 0.6) is 0 Å². The van der Waals surface area contributed by atoms with Crippen molar-refractivity contribution in [1.29, 1.82) is 0 Å². The normalized spacial score (nSPS) is 31.9. The Morgan fingerprint density at radius 3 is 2.71 bits per heavy atom. The van der Waals surface area contributed by atoms with Crippen molar-refractivity contribution < 1.29 is 14.6 Å². The molecule has 1 N–H and O–H groups in total. The molecule has 3 heteroatoms. The Balaban J connectivity index is 1.96. The lowest BCUT2D eigenvalue weighted by molar-refractivity contribution is -0.172. The van der Waals surface area contributed by atoms with Gasteiger partial charge in [0.1, 0.15) is 0 Å². The Kier molecular flexibility index (Phi) is 3.42. The van der Waals surface area contributed by atoms with Gasteiger partial charge in [-0.3, -0.25) is 0 Å². The molecule has 0 bridgehead atoms. The van der Waals surface area contributed by atoms with E-state index >= 15 is 0 Å². The highest BCUT2D eigenvalue weighted by Gasteiger charge is 2.39. The van der Waals surface area contributed by atoms with Crippen LogP contribution in [0.1, 0.15) is 38.5 Å². The summed E-state index contributed by atoms with van der Waals surface area (Å²) >= 11 is 0. The molecule has 2 rings (SSSR count). The van der Waals surface area contributed by atoms with E-state index in [4.69, 9.17) is 14.6 Å². The van der Waals surface area contributed by atoms with Gasteiger partial charge < -0.3 is 14.6 Å². The van der Waals surface area contributed by atoms with Gasteiger partial charge in [-0.05, 0) is 18.8 Å². The fourth-order valence-corrected chi connectivity index (χ4v) is 2.66. The van der Waals surface area contributed by atoms with Crippen LogP contribution in [0.2, 0.25) is 0 Å². The Labute approximate surface area is 85.4 Å². The molecular weight excluding hydrogens is 180 g/mol. The Bertz CT molecular complexity index is 175. The van der Waals surface area contributed by atoms with Crippen LogP contribution in [0.3, 0.4) is 0 Å². The second-order valence-corrected chi connectivity index (χ2v) is 4.44. The maximum absolute atomic E-state index is 8.96. The fourth-order valence-electron chi connectivity index (χ4n) is 2.66. The minimum absolute atomic E-state index is 0.281. The Morgan fingerprint density at radius 2 is 2.00 bits per heavy atom. The average Bonchev–Trinajstić information content (AvgIpc) is 2.51. The van der Waals surface area contributed by atoms with Crippen molar-refractivity contribution in [3.63, 3.8) is 0 Å². The molecule has 3 nitrogen and oxygen atoms in total. The van der Waals surface area contributed by atoms with Crippen LogP contribution in [0, 0.1) is 5.92 Å². The third kappa shape index (κ3) is 2.27. The minimum Gasteiger partial charge on any atom is -0.396 e. The van der Waals surface area contributed by atoms with Crippen molar-refractivity contribution in [2.75, 3.05) is 19.8 Å². The van der Waals surface area contributed by atoms with Gasteiger partial charge in [0, 0.05) is 19.4 Å². The van der Waals surface area contributed by atoms with E-state index in [2.05, 4.69) is 0 Å². The van der Waals surface area contributed by atoms with Crippen molar-refractivity contribution in [3.8, 4) is 0 Å². The van der Waals surface area contributed by atoms with E-state index in [9.17, 15) is 0 Å². The SMILES string of the molecule is OCCC1CCCCC2(C1)OCCO2. The van der Waals surface area contributed by atoms with Crippen molar-refractivity contribution in [2.24, 2.45) is 5.92 Å². The molecule has 1 aliphatic heterocycles. The molecule has 14 heavy (non-hydrogen) atoms. The summed E-state index contributed by atoms with van der Waals surface area (Å²) in [7, 11) is 0. The van der Waals surface area contributed by atoms with Gasteiger partial charge in [0.25, 0.3) is 0 Å². The maximum atomic E-state index is 8.96. The smallest absolute Gasteiger partial charge is 0.168 e. The first-order valence-electron chi connectivity index (χ1n) is 5.73. The maximum Gasteiger partial charge on any atom is 0.168 e. The minimum atomic E-state index is -0.281. The molecule has 0 radical (unpaired) electrons. The second-order valence-electron chi connectivity index (χ2n) is 4.44. The Hall–Kier alpha value is -0.120. The quantitative estimate of drug-likeness (QED) is 0.737. The zero-order valence-electron chi connectivity index (χ0n) is 8.71. The summed E-state index contributed by atoms with van der Waals surface area (Å²) in [5.74, 6) is 0.302. The summed E-state index contributed by atoms with van der Waals surface area (Å²) in [5, 5.41) is 8.96. The molecule has 1 saturated heterocycles. The zero-order valence-corrected chi connectivity index (χ0v) is 8.71. The highest BCUT2D eigenvalue weighted by Crippen LogP contribution is 2.38. The van der Waals surface area contributed by atoms with Gasteiger partial charge in [-0.1, -0.05) is 12.8 Å². The molecule has 0 amide bonds. The lowest BCUT2D eigenvalue weighted by atomic mass is 9.94. The van der Waals surface area contributed by atoms with Gasteiger partial charge in [0.15, 0.2) is 5.79 Å². The molecule has 1 saturated carbocycles. The molecule has 1 aliphatic carbocycles. The highest BCUT2D eigenvalue weighted by molar-refractivity contribution is 4.81. The molecule has 1 unspecified atom stereocenters.